The van der Waals surface area contributed by atoms with Gasteiger partial charge >= 0.3 is 0 Å². The Morgan fingerprint density at radius 2 is 2.15 bits per heavy atom. The van der Waals surface area contributed by atoms with Gasteiger partial charge in [-0.05, 0) is 31.4 Å². The van der Waals surface area contributed by atoms with Gasteiger partial charge in [-0.2, -0.15) is 0 Å². The number of hydrogen-bond donors (Lipinski definition) is 1. The van der Waals surface area contributed by atoms with E-state index < -0.39 is 0 Å². The van der Waals surface area contributed by atoms with Crippen molar-refractivity contribution >= 4 is 17.3 Å². The lowest BCUT2D eigenvalue weighted by Gasteiger charge is -2.26. The summed E-state index contributed by atoms with van der Waals surface area (Å²) in [6.07, 6.45) is 3.97. The number of ether oxygens (including phenoxy) is 1. The quantitative estimate of drug-likeness (QED) is 0.740. The first-order chi connectivity index (χ1) is 6.25. The van der Waals surface area contributed by atoms with Crippen LogP contribution in [0, 0.1) is 0 Å². The van der Waals surface area contributed by atoms with Crippen LogP contribution in [0.4, 0.5) is 5.69 Å². The van der Waals surface area contributed by atoms with Gasteiger partial charge in [-0.25, -0.2) is 0 Å². The van der Waals surface area contributed by atoms with Gasteiger partial charge in [0, 0.05) is 6.07 Å². The van der Waals surface area contributed by atoms with Gasteiger partial charge in [0.1, 0.15) is 5.75 Å². The molecule has 1 fully saturated rings. The average Bonchev–Trinajstić information content (AvgIpc) is 2.04. The first-order valence-corrected chi connectivity index (χ1v) is 4.85. The van der Waals surface area contributed by atoms with Crippen LogP contribution in [0.3, 0.4) is 0 Å². The third kappa shape index (κ3) is 1.89. The fourth-order valence-electron chi connectivity index (χ4n) is 1.26. The van der Waals surface area contributed by atoms with E-state index in [9.17, 15) is 0 Å². The van der Waals surface area contributed by atoms with Crippen LogP contribution in [0.1, 0.15) is 19.3 Å². The molecule has 0 aromatic heterocycles. The van der Waals surface area contributed by atoms with Crippen molar-refractivity contribution in [1.29, 1.82) is 0 Å². The molecule has 2 N–H and O–H groups in total. The summed E-state index contributed by atoms with van der Waals surface area (Å²) in [5.41, 5.74) is 6.18. The van der Waals surface area contributed by atoms with E-state index in [1.54, 1.807) is 12.1 Å². The van der Waals surface area contributed by atoms with Crippen molar-refractivity contribution < 1.29 is 4.74 Å². The van der Waals surface area contributed by atoms with Crippen LogP contribution in [0.2, 0.25) is 5.02 Å². The van der Waals surface area contributed by atoms with Crippen molar-refractivity contribution in [1.82, 2.24) is 0 Å². The summed E-state index contributed by atoms with van der Waals surface area (Å²) in [5.74, 6) is 0.823. The number of anilines is 1. The van der Waals surface area contributed by atoms with Gasteiger partial charge in [0.15, 0.2) is 0 Å². The van der Waals surface area contributed by atoms with Crippen LogP contribution in [0.5, 0.6) is 5.75 Å². The van der Waals surface area contributed by atoms with Crippen molar-refractivity contribution in [3.63, 3.8) is 0 Å². The SMILES string of the molecule is Nc1ccc(OC2CCC2)cc1Cl. The summed E-state index contributed by atoms with van der Waals surface area (Å²) < 4.78 is 5.65. The Labute approximate surface area is 82.6 Å². The van der Waals surface area contributed by atoms with Crippen LogP contribution in [-0.4, -0.2) is 6.10 Å². The van der Waals surface area contributed by atoms with Crippen LogP contribution < -0.4 is 10.5 Å². The molecule has 0 heterocycles. The van der Waals surface area contributed by atoms with E-state index in [1.807, 2.05) is 6.07 Å². The summed E-state index contributed by atoms with van der Waals surface area (Å²) in [6, 6.07) is 5.41. The molecular weight excluding hydrogens is 186 g/mol. The molecule has 0 aliphatic heterocycles. The highest BCUT2D eigenvalue weighted by Crippen LogP contribution is 2.29. The second-order valence-corrected chi connectivity index (χ2v) is 3.76. The number of halogens is 1. The molecule has 0 radical (unpaired) electrons. The maximum absolute atomic E-state index is 5.85. The Bertz CT molecular complexity index is 310. The van der Waals surface area contributed by atoms with Crippen LogP contribution in [0.15, 0.2) is 18.2 Å². The van der Waals surface area contributed by atoms with Crippen LogP contribution >= 0.6 is 11.6 Å². The first-order valence-electron chi connectivity index (χ1n) is 4.47. The van der Waals surface area contributed by atoms with E-state index >= 15 is 0 Å². The van der Waals surface area contributed by atoms with E-state index in [4.69, 9.17) is 22.1 Å². The second-order valence-electron chi connectivity index (χ2n) is 3.35. The minimum absolute atomic E-state index is 0.389. The molecule has 0 atom stereocenters. The summed E-state index contributed by atoms with van der Waals surface area (Å²) in [7, 11) is 0. The Balaban J connectivity index is 2.07. The Hall–Kier alpha value is -0.890. The molecular formula is C10H12ClNO. The molecule has 13 heavy (non-hydrogen) atoms. The summed E-state index contributed by atoms with van der Waals surface area (Å²) >= 11 is 5.85. The molecule has 1 aliphatic carbocycles. The highest BCUT2D eigenvalue weighted by Gasteiger charge is 2.19. The minimum atomic E-state index is 0.389. The third-order valence-electron chi connectivity index (χ3n) is 2.33. The fraction of sp³-hybridized carbons (Fsp3) is 0.400. The van der Waals surface area contributed by atoms with E-state index in [0.29, 0.717) is 16.8 Å². The van der Waals surface area contributed by atoms with E-state index in [0.717, 1.165) is 18.6 Å². The zero-order valence-corrected chi connectivity index (χ0v) is 8.05. The molecule has 3 heteroatoms. The Kier molecular flexibility index (Phi) is 2.32. The molecule has 1 aliphatic rings. The lowest BCUT2D eigenvalue weighted by Crippen LogP contribution is -2.24. The molecule has 0 unspecified atom stereocenters. The summed E-state index contributed by atoms with van der Waals surface area (Å²) in [4.78, 5) is 0. The van der Waals surface area contributed by atoms with E-state index in [2.05, 4.69) is 0 Å². The third-order valence-corrected chi connectivity index (χ3v) is 2.65. The van der Waals surface area contributed by atoms with E-state index in [-0.39, 0.29) is 0 Å². The summed E-state index contributed by atoms with van der Waals surface area (Å²) in [6.45, 7) is 0. The lowest BCUT2D eigenvalue weighted by atomic mass is 9.96. The molecule has 0 amide bonds. The lowest BCUT2D eigenvalue weighted by molar-refractivity contribution is 0.120. The van der Waals surface area contributed by atoms with Gasteiger partial charge in [0.05, 0.1) is 16.8 Å². The highest BCUT2D eigenvalue weighted by molar-refractivity contribution is 6.33. The monoisotopic (exact) mass is 197 g/mol. The van der Waals surface area contributed by atoms with Gasteiger partial charge in [-0.15, -0.1) is 0 Å². The van der Waals surface area contributed by atoms with Crippen LogP contribution in [0.25, 0.3) is 0 Å². The number of rotatable bonds is 2. The van der Waals surface area contributed by atoms with Gasteiger partial charge in [-0.3, -0.25) is 0 Å². The predicted octanol–water partition coefficient (Wildman–Crippen LogP) is 2.85. The number of nitrogens with two attached hydrogens (primary N) is 1. The van der Waals surface area contributed by atoms with Crippen molar-refractivity contribution in [2.45, 2.75) is 25.4 Å². The molecule has 1 aromatic rings. The zero-order chi connectivity index (χ0) is 9.26. The molecule has 0 saturated heterocycles. The molecule has 0 bridgehead atoms. The molecule has 0 spiro atoms. The fourth-order valence-corrected chi connectivity index (χ4v) is 1.43. The molecule has 2 rings (SSSR count). The van der Waals surface area contributed by atoms with Crippen LogP contribution in [-0.2, 0) is 0 Å². The number of benzene rings is 1. The minimum Gasteiger partial charge on any atom is -0.490 e. The smallest absolute Gasteiger partial charge is 0.121 e. The molecule has 1 aromatic carbocycles. The molecule has 1 saturated carbocycles. The van der Waals surface area contributed by atoms with E-state index in [1.165, 1.54) is 6.42 Å². The maximum atomic E-state index is 5.85. The molecule has 2 nitrogen and oxygen atoms in total. The van der Waals surface area contributed by atoms with Gasteiger partial charge in [0.2, 0.25) is 0 Å². The van der Waals surface area contributed by atoms with Gasteiger partial charge < -0.3 is 10.5 Å². The highest BCUT2D eigenvalue weighted by atomic mass is 35.5. The first kappa shape index (κ1) is 8.70. The largest absolute Gasteiger partial charge is 0.490 e. The number of hydrogen-bond acceptors (Lipinski definition) is 2. The maximum Gasteiger partial charge on any atom is 0.121 e. The van der Waals surface area contributed by atoms with Gasteiger partial charge in [0.25, 0.3) is 0 Å². The standard InChI is InChI=1S/C10H12ClNO/c11-9-6-8(4-5-10(9)12)13-7-2-1-3-7/h4-7H,1-3,12H2. The number of nitrogen functional groups attached to an aromatic ring is 1. The normalized spacial score (nSPS) is 16.7. The predicted molar refractivity (Wildman–Crippen MR) is 54.1 cm³/mol. The Morgan fingerprint density at radius 1 is 1.38 bits per heavy atom. The topological polar surface area (TPSA) is 35.2 Å². The van der Waals surface area contributed by atoms with Crippen molar-refractivity contribution in [3.8, 4) is 5.75 Å². The Morgan fingerprint density at radius 3 is 2.69 bits per heavy atom. The van der Waals surface area contributed by atoms with Crippen molar-refractivity contribution in [2.75, 3.05) is 5.73 Å². The summed E-state index contributed by atoms with van der Waals surface area (Å²) in [5, 5.41) is 0.567. The van der Waals surface area contributed by atoms with Gasteiger partial charge in [-0.1, -0.05) is 11.6 Å². The van der Waals surface area contributed by atoms with Crippen molar-refractivity contribution in [3.05, 3.63) is 23.2 Å². The zero-order valence-electron chi connectivity index (χ0n) is 7.29. The second kappa shape index (κ2) is 3.46. The molecule has 70 valence electrons. The average molecular weight is 198 g/mol. The van der Waals surface area contributed by atoms with Crippen molar-refractivity contribution in [2.24, 2.45) is 0 Å².